The van der Waals surface area contributed by atoms with Crippen LogP contribution in [0.1, 0.15) is 44.9 Å². The van der Waals surface area contributed by atoms with E-state index in [0.717, 1.165) is 18.3 Å². The molecule has 0 aromatic carbocycles. The molecule has 1 saturated carbocycles. The largest absolute Gasteiger partial charge is 0.307 e. The summed E-state index contributed by atoms with van der Waals surface area (Å²) in [6.45, 7) is 3.12. The molecule has 0 atom stereocenters. The van der Waals surface area contributed by atoms with Gasteiger partial charge in [0.1, 0.15) is 12.2 Å². The SMILES string of the molecule is CCC1CCC(NCc2ncn[nH]2)CC1. The van der Waals surface area contributed by atoms with Gasteiger partial charge in [0.15, 0.2) is 0 Å². The number of nitrogens with one attached hydrogen (secondary N) is 2. The van der Waals surface area contributed by atoms with Crippen molar-refractivity contribution in [2.24, 2.45) is 5.92 Å². The van der Waals surface area contributed by atoms with Crippen LogP contribution in [0.3, 0.4) is 0 Å². The van der Waals surface area contributed by atoms with Crippen LogP contribution in [-0.2, 0) is 6.54 Å². The lowest BCUT2D eigenvalue weighted by Crippen LogP contribution is -2.32. The molecule has 84 valence electrons. The fourth-order valence-electron chi connectivity index (χ4n) is 2.33. The fourth-order valence-corrected chi connectivity index (χ4v) is 2.33. The molecule has 0 amide bonds. The predicted molar refractivity (Wildman–Crippen MR) is 59.3 cm³/mol. The first-order valence-corrected chi connectivity index (χ1v) is 5.96. The summed E-state index contributed by atoms with van der Waals surface area (Å²) in [5, 5.41) is 10.2. The van der Waals surface area contributed by atoms with E-state index in [9.17, 15) is 0 Å². The van der Waals surface area contributed by atoms with Crippen LogP contribution in [0.5, 0.6) is 0 Å². The summed E-state index contributed by atoms with van der Waals surface area (Å²) in [4.78, 5) is 4.10. The van der Waals surface area contributed by atoms with E-state index >= 15 is 0 Å². The molecule has 15 heavy (non-hydrogen) atoms. The van der Waals surface area contributed by atoms with Crippen molar-refractivity contribution >= 4 is 0 Å². The summed E-state index contributed by atoms with van der Waals surface area (Å²) >= 11 is 0. The Morgan fingerprint density at radius 2 is 2.20 bits per heavy atom. The standard InChI is InChI=1S/C11H20N4/c1-2-9-3-5-10(6-4-9)12-7-11-13-8-14-15-11/h8-10,12H,2-7H2,1H3,(H,13,14,15). The van der Waals surface area contributed by atoms with Crippen molar-refractivity contribution < 1.29 is 0 Å². The molecule has 0 saturated heterocycles. The van der Waals surface area contributed by atoms with E-state index in [1.54, 1.807) is 6.33 Å². The molecule has 0 spiro atoms. The first-order chi connectivity index (χ1) is 7.38. The normalized spacial score (nSPS) is 26.7. The minimum absolute atomic E-state index is 0.679. The summed E-state index contributed by atoms with van der Waals surface area (Å²) in [6, 6.07) is 0.679. The average molecular weight is 208 g/mol. The number of aromatic amines is 1. The lowest BCUT2D eigenvalue weighted by Gasteiger charge is -2.28. The molecule has 0 bridgehead atoms. The smallest absolute Gasteiger partial charge is 0.138 e. The highest BCUT2D eigenvalue weighted by atomic mass is 15.2. The van der Waals surface area contributed by atoms with E-state index in [2.05, 4.69) is 27.4 Å². The Morgan fingerprint density at radius 1 is 1.40 bits per heavy atom. The van der Waals surface area contributed by atoms with E-state index in [1.807, 2.05) is 0 Å². The quantitative estimate of drug-likeness (QED) is 0.794. The van der Waals surface area contributed by atoms with E-state index in [0.29, 0.717) is 6.04 Å². The van der Waals surface area contributed by atoms with Crippen LogP contribution >= 0.6 is 0 Å². The fraction of sp³-hybridized carbons (Fsp3) is 0.818. The zero-order valence-electron chi connectivity index (χ0n) is 9.37. The van der Waals surface area contributed by atoms with Gasteiger partial charge in [0.05, 0.1) is 6.54 Å². The molecule has 0 aliphatic heterocycles. The van der Waals surface area contributed by atoms with Gasteiger partial charge < -0.3 is 5.32 Å². The summed E-state index contributed by atoms with van der Waals surface area (Å²) in [6.07, 6.45) is 8.29. The van der Waals surface area contributed by atoms with E-state index in [4.69, 9.17) is 0 Å². The molecule has 0 radical (unpaired) electrons. The Balaban J connectivity index is 1.69. The molecular weight excluding hydrogens is 188 g/mol. The maximum atomic E-state index is 4.10. The molecule has 2 N–H and O–H groups in total. The third kappa shape index (κ3) is 3.02. The summed E-state index contributed by atoms with van der Waals surface area (Å²) in [5.41, 5.74) is 0. The summed E-state index contributed by atoms with van der Waals surface area (Å²) in [5.74, 6) is 1.90. The van der Waals surface area contributed by atoms with Gasteiger partial charge in [-0.05, 0) is 31.6 Å². The van der Waals surface area contributed by atoms with Gasteiger partial charge in [0, 0.05) is 6.04 Å². The van der Waals surface area contributed by atoms with Gasteiger partial charge in [0.2, 0.25) is 0 Å². The van der Waals surface area contributed by atoms with Crippen molar-refractivity contribution in [2.45, 2.75) is 51.6 Å². The molecule has 0 unspecified atom stereocenters. The zero-order chi connectivity index (χ0) is 10.5. The van der Waals surface area contributed by atoms with Crippen LogP contribution in [0, 0.1) is 5.92 Å². The van der Waals surface area contributed by atoms with E-state index < -0.39 is 0 Å². The van der Waals surface area contributed by atoms with Crippen LogP contribution < -0.4 is 5.32 Å². The lowest BCUT2D eigenvalue weighted by molar-refractivity contribution is 0.284. The molecule has 1 aliphatic rings. The molecule has 1 fully saturated rings. The average Bonchev–Trinajstić information content (AvgIpc) is 2.80. The van der Waals surface area contributed by atoms with Crippen molar-refractivity contribution in [3.63, 3.8) is 0 Å². The molecule has 1 aromatic rings. The topological polar surface area (TPSA) is 53.6 Å². The minimum atomic E-state index is 0.679. The van der Waals surface area contributed by atoms with Crippen LogP contribution in [-0.4, -0.2) is 21.2 Å². The predicted octanol–water partition coefficient (Wildman–Crippen LogP) is 1.86. The first kappa shape index (κ1) is 10.6. The second kappa shape index (κ2) is 5.26. The first-order valence-electron chi connectivity index (χ1n) is 5.96. The number of rotatable bonds is 4. The number of hydrogen-bond acceptors (Lipinski definition) is 3. The summed E-state index contributed by atoms with van der Waals surface area (Å²) in [7, 11) is 0. The van der Waals surface area contributed by atoms with Gasteiger partial charge in [-0.3, -0.25) is 5.10 Å². The second-order valence-electron chi connectivity index (χ2n) is 4.44. The van der Waals surface area contributed by atoms with E-state index in [1.165, 1.54) is 32.1 Å². The number of nitrogens with zero attached hydrogens (tertiary/aromatic N) is 2. The van der Waals surface area contributed by atoms with Crippen LogP contribution in [0.4, 0.5) is 0 Å². The molecule has 4 heteroatoms. The summed E-state index contributed by atoms with van der Waals surface area (Å²) < 4.78 is 0. The molecule has 1 aliphatic carbocycles. The van der Waals surface area contributed by atoms with Gasteiger partial charge in [-0.2, -0.15) is 5.10 Å². The maximum absolute atomic E-state index is 4.10. The Kier molecular flexibility index (Phi) is 3.72. The highest BCUT2D eigenvalue weighted by Gasteiger charge is 2.19. The second-order valence-corrected chi connectivity index (χ2v) is 4.44. The Hall–Kier alpha value is -0.900. The van der Waals surface area contributed by atoms with Gasteiger partial charge in [-0.1, -0.05) is 13.3 Å². The monoisotopic (exact) mass is 208 g/mol. The molecular formula is C11H20N4. The van der Waals surface area contributed by atoms with Gasteiger partial charge in [-0.25, -0.2) is 4.98 Å². The molecule has 1 aromatic heterocycles. The van der Waals surface area contributed by atoms with Crippen molar-refractivity contribution in [2.75, 3.05) is 0 Å². The number of hydrogen-bond donors (Lipinski definition) is 2. The van der Waals surface area contributed by atoms with Crippen molar-refractivity contribution in [3.05, 3.63) is 12.2 Å². The maximum Gasteiger partial charge on any atom is 0.138 e. The van der Waals surface area contributed by atoms with Gasteiger partial charge >= 0.3 is 0 Å². The van der Waals surface area contributed by atoms with Crippen molar-refractivity contribution in [1.82, 2.24) is 20.5 Å². The molecule has 4 nitrogen and oxygen atoms in total. The number of H-pyrrole nitrogens is 1. The molecule has 2 rings (SSSR count). The third-order valence-electron chi connectivity index (χ3n) is 3.45. The van der Waals surface area contributed by atoms with Gasteiger partial charge in [0.25, 0.3) is 0 Å². The number of aromatic nitrogens is 3. The molecule has 1 heterocycles. The Labute approximate surface area is 90.9 Å². The Bertz CT molecular complexity index is 262. The van der Waals surface area contributed by atoms with E-state index in [-0.39, 0.29) is 0 Å². The highest BCUT2D eigenvalue weighted by molar-refractivity contribution is 4.82. The Morgan fingerprint density at radius 3 is 2.80 bits per heavy atom. The van der Waals surface area contributed by atoms with Gasteiger partial charge in [-0.15, -0.1) is 0 Å². The van der Waals surface area contributed by atoms with Crippen LogP contribution in [0.15, 0.2) is 6.33 Å². The van der Waals surface area contributed by atoms with Crippen molar-refractivity contribution in [1.29, 1.82) is 0 Å². The lowest BCUT2D eigenvalue weighted by atomic mass is 9.84. The van der Waals surface area contributed by atoms with Crippen LogP contribution in [0.25, 0.3) is 0 Å². The zero-order valence-corrected chi connectivity index (χ0v) is 9.37. The van der Waals surface area contributed by atoms with Crippen molar-refractivity contribution in [3.8, 4) is 0 Å². The van der Waals surface area contributed by atoms with Crippen LogP contribution in [0.2, 0.25) is 0 Å². The highest BCUT2D eigenvalue weighted by Crippen LogP contribution is 2.26. The minimum Gasteiger partial charge on any atom is -0.307 e. The third-order valence-corrected chi connectivity index (χ3v) is 3.45.